The molecule has 9 heteroatoms. The van der Waals surface area contributed by atoms with Gasteiger partial charge in [-0.25, -0.2) is 0 Å². The Labute approximate surface area is 154 Å². The van der Waals surface area contributed by atoms with Gasteiger partial charge in [0.05, 0.1) is 24.7 Å². The fourth-order valence-electron chi connectivity index (χ4n) is 1.80. The molecule has 1 N–H and O–H groups in total. The lowest BCUT2D eigenvalue weighted by molar-refractivity contribution is -0.139. The molecule has 0 aliphatic heterocycles. The average Bonchev–Trinajstić information content (AvgIpc) is 3.08. The Morgan fingerprint density at radius 3 is 2.64 bits per heavy atom. The summed E-state index contributed by atoms with van der Waals surface area (Å²) < 4.78 is 9.96. The van der Waals surface area contributed by atoms with Crippen molar-refractivity contribution in [2.24, 2.45) is 0 Å². The number of nitrogens with zero attached hydrogens (tertiary/aromatic N) is 2. The number of esters is 1. The van der Waals surface area contributed by atoms with E-state index in [0.29, 0.717) is 16.7 Å². The minimum Gasteiger partial charge on any atom is -0.497 e. The maximum atomic E-state index is 12.2. The van der Waals surface area contributed by atoms with Crippen molar-refractivity contribution >= 4 is 40.1 Å². The van der Waals surface area contributed by atoms with Crippen molar-refractivity contribution in [3.8, 4) is 16.3 Å². The minimum atomic E-state index is -0.405. The third-order valence-corrected chi connectivity index (χ3v) is 5.12. The fourth-order valence-corrected chi connectivity index (χ4v) is 3.23. The van der Waals surface area contributed by atoms with Gasteiger partial charge in [0.2, 0.25) is 11.0 Å². The van der Waals surface area contributed by atoms with Gasteiger partial charge >= 0.3 is 5.97 Å². The summed E-state index contributed by atoms with van der Waals surface area (Å²) in [5.41, 5.74) is 0.892. The maximum absolute atomic E-state index is 12.2. The largest absolute Gasteiger partial charge is 0.497 e. The number of aromatic nitrogens is 2. The van der Waals surface area contributed by atoms with Crippen LogP contribution in [0.1, 0.15) is 13.8 Å². The molecule has 0 spiro atoms. The summed E-state index contributed by atoms with van der Waals surface area (Å²) in [5.74, 6) is 0.334. The maximum Gasteiger partial charge on any atom is 0.315 e. The molecule has 25 heavy (non-hydrogen) atoms. The number of anilines is 1. The molecule has 1 heterocycles. The lowest BCUT2D eigenvalue weighted by Crippen LogP contribution is -2.24. The highest BCUT2D eigenvalue weighted by molar-refractivity contribution is 8.01. The molecule has 0 aliphatic rings. The van der Waals surface area contributed by atoms with Gasteiger partial charge in [-0.2, -0.15) is 0 Å². The molecule has 2 rings (SSSR count). The Balaban J connectivity index is 1.91. The van der Waals surface area contributed by atoms with Crippen molar-refractivity contribution < 1.29 is 19.1 Å². The Morgan fingerprint density at radius 2 is 2.00 bits per heavy atom. The van der Waals surface area contributed by atoms with Gasteiger partial charge in [-0.3, -0.25) is 14.9 Å². The molecule has 0 saturated carbocycles. The molecule has 134 valence electrons. The van der Waals surface area contributed by atoms with E-state index < -0.39 is 5.25 Å². The summed E-state index contributed by atoms with van der Waals surface area (Å²) >= 11 is 2.50. The van der Waals surface area contributed by atoms with E-state index in [1.54, 1.807) is 21.0 Å². The van der Waals surface area contributed by atoms with Crippen LogP contribution >= 0.6 is 23.1 Å². The Bertz CT molecular complexity index is 718. The first-order chi connectivity index (χ1) is 12.0. The van der Waals surface area contributed by atoms with Crippen LogP contribution in [0.3, 0.4) is 0 Å². The number of methoxy groups -OCH3 is 1. The Kier molecular flexibility index (Phi) is 7.20. The quantitative estimate of drug-likeness (QED) is 0.703. The number of hydrogen-bond donors (Lipinski definition) is 1. The number of benzene rings is 1. The van der Waals surface area contributed by atoms with Gasteiger partial charge in [0.15, 0.2) is 0 Å². The topological polar surface area (TPSA) is 90.4 Å². The van der Waals surface area contributed by atoms with Crippen LogP contribution in [-0.4, -0.2) is 46.8 Å². The van der Waals surface area contributed by atoms with Crippen LogP contribution in [0, 0.1) is 0 Å². The molecule has 1 atom stereocenters. The lowest BCUT2D eigenvalue weighted by Gasteiger charge is -2.09. The molecule has 2 aromatic rings. The molecule has 0 aliphatic carbocycles. The van der Waals surface area contributed by atoms with Crippen LogP contribution in [-0.2, 0) is 14.3 Å². The zero-order valence-electron chi connectivity index (χ0n) is 14.1. The SMILES string of the molecule is CCOC(=O)CS[C@H](C)C(=O)Nc1nnc(-c2ccc(OC)cc2)s1. The summed E-state index contributed by atoms with van der Waals surface area (Å²) in [4.78, 5) is 23.5. The van der Waals surface area contributed by atoms with Gasteiger partial charge in [0.1, 0.15) is 10.8 Å². The summed E-state index contributed by atoms with van der Waals surface area (Å²) in [5, 5.41) is 11.5. The van der Waals surface area contributed by atoms with Gasteiger partial charge in [-0.1, -0.05) is 11.3 Å². The van der Waals surface area contributed by atoms with E-state index >= 15 is 0 Å². The number of nitrogens with one attached hydrogen (secondary N) is 1. The molecule has 1 amide bonds. The summed E-state index contributed by atoms with van der Waals surface area (Å²) in [6, 6.07) is 7.43. The molecular formula is C16H19N3O4S2. The fraction of sp³-hybridized carbons (Fsp3) is 0.375. The normalized spacial score (nSPS) is 11.6. The molecule has 0 radical (unpaired) electrons. The number of carbonyl (C=O) groups is 2. The third kappa shape index (κ3) is 5.71. The van der Waals surface area contributed by atoms with Crippen LogP contribution in [0.4, 0.5) is 5.13 Å². The summed E-state index contributed by atoms with van der Waals surface area (Å²) in [6.45, 7) is 3.80. The van der Waals surface area contributed by atoms with Crippen molar-refractivity contribution in [2.75, 3.05) is 24.8 Å². The second-order valence-electron chi connectivity index (χ2n) is 4.89. The lowest BCUT2D eigenvalue weighted by atomic mass is 10.2. The molecule has 1 aromatic heterocycles. The van der Waals surface area contributed by atoms with E-state index in [9.17, 15) is 9.59 Å². The molecule has 0 saturated heterocycles. The smallest absolute Gasteiger partial charge is 0.315 e. The van der Waals surface area contributed by atoms with E-state index in [1.807, 2.05) is 24.3 Å². The van der Waals surface area contributed by atoms with Crippen molar-refractivity contribution in [2.45, 2.75) is 19.1 Å². The molecule has 0 unspecified atom stereocenters. The number of rotatable bonds is 8. The standard InChI is InChI=1S/C16H19N3O4S2/c1-4-23-13(20)9-24-10(2)14(21)17-16-19-18-15(25-16)11-5-7-12(22-3)8-6-11/h5-8,10H,4,9H2,1-3H3,(H,17,19,21)/t10-/m1/s1. The Hall–Kier alpha value is -2.13. The van der Waals surface area contributed by atoms with Gasteiger partial charge in [0, 0.05) is 5.56 Å². The zero-order valence-corrected chi connectivity index (χ0v) is 15.8. The monoisotopic (exact) mass is 381 g/mol. The van der Waals surface area contributed by atoms with E-state index in [2.05, 4.69) is 15.5 Å². The second-order valence-corrected chi connectivity index (χ2v) is 7.20. The predicted octanol–water partition coefficient (Wildman–Crippen LogP) is 2.84. The number of thioether (sulfide) groups is 1. The summed E-state index contributed by atoms with van der Waals surface area (Å²) in [7, 11) is 1.61. The molecule has 0 bridgehead atoms. The minimum absolute atomic E-state index is 0.135. The number of amides is 1. The van der Waals surface area contributed by atoms with Crippen molar-refractivity contribution in [1.29, 1.82) is 0 Å². The third-order valence-electron chi connectivity index (χ3n) is 3.12. The summed E-state index contributed by atoms with van der Waals surface area (Å²) in [6.07, 6.45) is 0. The average molecular weight is 381 g/mol. The van der Waals surface area contributed by atoms with Crippen LogP contribution in [0.5, 0.6) is 5.75 Å². The number of carbonyl (C=O) groups excluding carboxylic acids is 2. The number of hydrogen-bond acceptors (Lipinski definition) is 8. The Morgan fingerprint density at radius 1 is 1.28 bits per heavy atom. The molecule has 7 nitrogen and oxygen atoms in total. The van der Waals surface area contributed by atoms with E-state index in [4.69, 9.17) is 9.47 Å². The van der Waals surface area contributed by atoms with Gasteiger partial charge in [-0.05, 0) is 38.1 Å². The first-order valence-corrected chi connectivity index (χ1v) is 9.46. The highest BCUT2D eigenvalue weighted by Crippen LogP contribution is 2.28. The molecular weight excluding hydrogens is 362 g/mol. The highest BCUT2D eigenvalue weighted by Gasteiger charge is 2.18. The van der Waals surface area contributed by atoms with Crippen molar-refractivity contribution in [1.82, 2.24) is 10.2 Å². The number of ether oxygens (including phenoxy) is 2. The molecule has 1 aromatic carbocycles. The zero-order chi connectivity index (χ0) is 18.2. The predicted molar refractivity (Wildman–Crippen MR) is 99.1 cm³/mol. The van der Waals surface area contributed by atoms with Gasteiger partial charge in [0.25, 0.3) is 0 Å². The van der Waals surface area contributed by atoms with Crippen LogP contribution in [0.25, 0.3) is 10.6 Å². The van der Waals surface area contributed by atoms with E-state index in [1.165, 1.54) is 23.1 Å². The first kappa shape index (κ1) is 19.2. The van der Waals surface area contributed by atoms with Gasteiger partial charge < -0.3 is 9.47 Å². The van der Waals surface area contributed by atoms with E-state index in [-0.39, 0.29) is 17.6 Å². The van der Waals surface area contributed by atoms with Gasteiger partial charge in [-0.15, -0.1) is 22.0 Å². The van der Waals surface area contributed by atoms with Crippen molar-refractivity contribution in [3.63, 3.8) is 0 Å². The van der Waals surface area contributed by atoms with Crippen molar-refractivity contribution in [3.05, 3.63) is 24.3 Å². The van der Waals surface area contributed by atoms with Crippen LogP contribution in [0.2, 0.25) is 0 Å². The highest BCUT2D eigenvalue weighted by atomic mass is 32.2. The second kappa shape index (κ2) is 9.38. The first-order valence-electron chi connectivity index (χ1n) is 7.59. The van der Waals surface area contributed by atoms with Crippen LogP contribution < -0.4 is 10.1 Å². The van der Waals surface area contributed by atoms with E-state index in [0.717, 1.165) is 11.3 Å². The van der Waals surface area contributed by atoms with Crippen LogP contribution in [0.15, 0.2) is 24.3 Å². The molecule has 0 fully saturated rings.